The molecule has 6 aromatic carbocycles. The van der Waals surface area contributed by atoms with E-state index >= 15 is 0 Å². The third kappa shape index (κ3) is 6.62. The summed E-state index contributed by atoms with van der Waals surface area (Å²) in [4.78, 5) is 2.47. The minimum atomic E-state index is -0.00413. The lowest BCUT2D eigenvalue weighted by molar-refractivity contribution is 0.484. The molecule has 1 heteroatoms. The van der Waals surface area contributed by atoms with E-state index in [1.165, 1.54) is 83.9 Å². The summed E-state index contributed by atoms with van der Waals surface area (Å²) in [5.41, 5.74) is 19.9. The largest absolute Gasteiger partial charge is 0.314 e. The summed E-state index contributed by atoms with van der Waals surface area (Å²) >= 11 is 0. The van der Waals surface area contributed by atoms with Crippen LogP contribution in [0.15, 0.2) is 187 Å². The van der Waals surface area contributed by atoms with E-state index in [9.17, 15) is 0 Å². The Bertz CT molecular complexity index is 2470. The second-order valence-corrected chi connectivity index (χ2v) is 15.3. The zero-order valence-corrected chi connectivity index (χ0v) is 32.6. The molecule has 9 rings (SSSR count). The van der Waals surface area contributed by atoms with E-state index in [4.69, 9.17) is 0 Å². The van der Waals surface area contributed by atoms with E-state index in [0.717, 1.165) is 38.5 Å². The molecule has 0 aliphatic heterocycles. The lowest BCUT2D eigenvalue weighted by Crippen LogP contribution is -2.26. The molecule has 0 unspecified atom stereocenters. The van der Waals surface area contributed by atoms with Crippen LogP contribution in [0.3, 0.4) is 0 Å². The molecule has 0 saturated carbocycles. The number of hydrogen-bond donors (Lipinski definition) is 0. The summed E-state index contributed by atoms with van der Waals surface area (Å²) in [7, 11) is 0. The lowest BCUT2D eigenvalue weighted by atomic mass is 9.71. The monoisotopic (exact) mass is 723 g/mol. The maximum absolute atomic E-state index is 2.55. The Labute approximate surface area is 333 Å². The van der Waals surface area contributed by atoms with Crippen molar-refractivity contribution >= 4 is 34.7 Å². The number of fused-ring (bicyclic) bond motifs is 2. The maximum Gasteiger partial charge on any atom is 0.0458 e. The van der Waals surface area contributed by atoms with Gasteiger partial charge < -0.3 is 4.90 Å². The average molecular weight is 724 g/mol. The van der Waals surface area contributed by atoms with Crippen LogP contribution < -0.4 is 4.90 Å². The van der Waals surface area contributed by atoms with Gasteiger partial charge in [0.15, 0.2) is 0 Å². The molecule has 0 atom stereocenters. The van der Waals surface area contributed by atoms with Crippen LogP contribution in [0, 0.1) is 0 Å². The van der Waals surface area contributed by atoms with Crippen molar-refractivity contribution in [3.8, 4) is 22.3 Å². The molecule has 3 aliphatic rings. The van der Waals surface area contributed by atoms with Crippen LogP contribution in [0.4, 0.5) is 11.4 Å². The average Bonchev–Trinajstić information content (AvgIpc) is 3.55. The highest BCUT2D eigenvalue weighted by Gasteiger charge is 2.43. The van der Waals surface area contributed by atoms with Crippen LogP contribution in [0.2, 0.25) is 0 Å². The van der Waals surface area contributed by atoms with Crippen molar-refractivity contribution in [1.29, 1.82) is 0 Å². The first-order valence-corrected chi connectivity index (χ1v) is 20.5. The standard InChI is InChI=1S/C55H49N/c1-3-55(4-2)53-37-41(29-34-50(53)51-36-33-48(39-54(51)55)56(46-21-13-7-14-22-46)47-23-15-8-16-24-47)26-25-40-27-30-44(31-28-40)52-38-45(42-17-9-5-10-18-42)32-35-49(52)43-19-11-6-12-20-43/h5,7-11,13-32,34-35,37-39H,3-4,6,12,33,36H2,1-2H3/b26-25+. The quantitative estimate of drug-likeness (QED) is 0.127. The second-order valence-electron chi connectivity index (χ2n) is 15.3. The lowest BCUT2D eigenvalue weighted by Gasteiger charge is -2.35. The van der Waals surface area contributed by atoms with Gasteiger partial charge in [-0.3, -0.25) is 0 Å². The van der Waals surface area contributed by atoms with Gasteiger partial charge in [0.2, 0.25) is 0 Å². The molecule has 274 valence electrons. The third-order valence-electron chi connectivity index (χ3n) is 12.3. The van der Waals surface area contributed by atoms with Gasteiger partial charge in [-0.25, -0.2) is 0 Å². The Morgan fingerprint density at radius 1 is 0.554 bits per heavy atom. The summed E-state index contributed by atoms with van der Waals surface area (Å²) in [6.45, 7) is 4.76. The SMILES string of the molecule is CCC1(CC)C2=C(CCC(N(c3ccccc3)c3ccccc3)=C2)c2ccc(/C=C/c3ccc(-c4cc(-c5ccccc5)ccc4C4=CCCC=C4)cc3)cc21. The number of hydrogen-bond acceptors (Lipinski definition) is 1. The second kappa shape index (κ2) is 15.5. The van der Waals surface area contributed by atoms with Crippen LogP contribution in [0.1, 0.15) is 80.2 Å². The first kappa shape index (κ1) is 35.5. The molecule has 0 bridgehead atoms. The number of nitrogens with zero attached hydrogens (tertiary/aromatic N) is 1. The molecule has 6 aromatic rings. The van der Waals surface area contributed by atoms with E-state index in [2.05, 4.69) is 207 Å². The number of anilines is 2. The Hall–Kier alpha value is -6.18. The Balaban J connectivity index is 1.01. The first-order chi connectivity index (χ1) is 27.6. The van der Waals surface area contributed by atoms with Gasteiger partial charge in [0.05, 0.1) is 0 Å². The highest BCUT2D eigenvalue weighted by Crippen LogP contribution is 2.55. The van der Waals surface area contributed by atoms with E-state index in [1.807, 2.05) is 0 Å². The maximum atomic E-state index is 2.55. The molecule has 1 nitrogen and oxygen atoms in total. The number of benzene rings is 6. The van der Waals surface area contributed by atoms with Gasteiger partial charge in [-0.15, -0.1) is 0 Å². The molecule has 0 amide bonds. The summed E-state index contributed by atoms with van der Waals surface area (Å²) in [6, 6.07) is 55.7. The smallest absolute Gasteiger partial charge is 0.0458 e. The Morgan fingerprint density at radius 3 is 1.84 bits per heavy atom. The third-order valence-corrected chi connectivity index (χ3v) is 12.3. The van der Waals surface area contributed by atoms with Crippen molar-refractivity contribution in [1.82, 2.24) is 0 Å². The molecular weight excluding hydrogens is 675 g/mol. The summed E-state index contributed by atoms with van der Waals surface area (Å²) in [6.07, 6.45) is 20.5. The van der Waals surface area contributed by atoms with Gasteiger partial charge in [0.1, 0.15) is 0 Å². The number of para-hydroxylation sites is 2. The predicted octanol–water partition coefficient (Wildman–Crippen LogP) is 15.3. The molecule has 3 aliphatic carbocycles. The van der Waals surface area contributed by atoms with E-state index < -0.39 is 0 Å². The molecule has 0 saturated heterocycles. The Kier molecular flexibility index (Phi) is 9.84. The zero-order valence-electron chi connectivity index (χ0n) is 32.6. The number of rotatable bonds is 10. The fraction of sp³-hybridized carbons (Fsp3) is 0.164. The highest BCUT2D eigenvalue weighted by atomic mass is 15.1. The number of allylic oxidation sites excluding steroid dienone is 8. The van der Waals surface area contributed by atoms with Crippen LogP contribution in [-0.4, -0.2) is 0 Å². The van der Waals surface area contributed by atoms with Crippen molar-refractivity contribution in [3.63, 3.8) is 0 Å². The van der Waals surface area contributed by atoms with Crippen molar-refractivity contribution < 1.29 is 0 Å². The minimum Gasteiger partial charge on any atom is -0.314 e. The van der Waals surface area contributed by atoms with Gasteiger partial charge in [-0.2, -0.15) is 0 Å². The topological polar surface area (TPSA) is 3.24 Å². The first-order valence-electron chi connectivity index (χ1n) is 20.5. The predicted molar refractivity (Wildman–Crippen MR) is 241 cm³/mol. The fourth-order valence-corrected chi connectivity index (χ4v) is 9.34. The summed E-state index contributed by atoms with van der Waals surface area (Å²) in [5.74, 6) is 0. The minimum absolute atomic E-state index is 0.00413. The molecule has 0 fully saturated rings. The van der Waals surface area contributed by atoms with Crippen molar-refractivity contribution in [3.05, 3.63) is 215 Å². The molecule has 0 heterocycles. The van der Waals surface area contributed by atoms with Crippen molar-refractivity contribution in [2.45, 2.75) is 57.8 Å². The molecule has 0 radical (unpaired) electrons. The van der Waals surface area contributed by atoms with Gasteiger partial charge in [0.25, 0.3) is 0 Å². The van der Waals surface area contributed by atoms with Crippen molar-refractivity contribution in [2.75, 3.05) is 4.90 Å². The summed E-state index contributed by atoms with van der Waals surface area (Å²) in [5, 5.41) is 0. The molecule has 0 spiro atoms. The van der Waals surface area contributed by atoms with E-state index in [0.29, 0.717) is 0 Å². The molecule has 56 heavy (non-hydrogen) atoms. The molecular formula is C55H49N. The van der Waals surface area contributed by atoms with Crippen molar-refractivity contribution in [2.24, 2.45) is 0 Å². The van der Waals surface area contributed by atoms with Crippen LogP contribution in [0.5, 0.6) is 0 Å². The summed E-state index contributed by atoms with van der Waals surface area (Å²) < 4.78 is 0. The van der Waals surface area contributed by atoms with Crippen LogP contribution >= 0.6 is 0 Å². The van der Waals surface area contributed by atoms with Gasteiger partial charge >= 0.3 is 0 Å². The van der Waals surface area contributed by atoms with Gasteiger partial charge in [-0.05, 0) is 142 Å². The normalized spacial score (nSPS) is 15.7. The molecule has 0 N–H and O–H groups in total. The van der Waals surface area contributed by atoms with Gasteiger partial charge in [-0.1, -0.05) is 166 Å². The Morgan fingerprint density at radius 2 is 1.18 bits per heavy atom. The van der Waals surface area contributed by atoms with E-state index in [1.54, 1.807) is 0 Å². The zero-order chi connectivity index (χ0) is 37.9. The fourth-order valence-electron chi connectivity index (χ4n) is 9.34. The van der Waals surface area contributed by atoms with Crippen LogP contribution in [-0.2, 0) is 5.41 Å². The highest BCUT2D eigenvalue weighted by molar-refractivity contribution is 5.90. The van der Waals surface area contributed by atoms with Gasteiger partial charge in [0, 0.05) is 22.5 Å². The molecule has 0 aromatic heterocycles. The van der Waals surface area contributed by atoms with Crippen LogP contribution in [0.25, 0.3) is 45.6 Å². The van der Waals surface area contributed by atoms with E-state index in [-0.39, 0.29) is 5.41 Å².